The molecule has 0 aromatic heterocycles. The van der Waals surface area contributed by atoms with E-state index in [1.165, 1.54) is 60.2 Å². The molecule has 0 aliphatic rings. The van der Waals surface area contributed by atoms with Gasteiger partial charge in [0.1, 0.15) is 5.75 Å². The molecule has 0 amide bonds. The van der Waals surface area contributed by atoms with Gasteiger partial charge in [-0.05, 0) is 79.9 Å². The first-order valence-electron chi connectivity index (χ1n) is 18.7. The van der Waals surface area contributed by atoms with E-state index in [4.69, 9.17) is 4.74 Å². The summed E-state index contributed by atoms with van der Waals surface area (Å²) in [5.41, 5.74) is 11.8. The molecule has 0 heterocycles. The summed E-state index contributed by atoms with van der Waals surface area (Å²) in [6.45, 7) is 0. The Morgan fingerprint density at radius 1 is 0.309 bits per heavy atom. The lowest BCUT2D eigenvalue weighted by molar-refractivity contribution is 0.417. The van der Waals surface area contributed by atoms with Crippen LogP contribution < -0.4 is 20.7 Å². The van der Waals surface area contributed by atoms with Gasteiger partial charge < -0.3 is 4.74 Å². The van der Waals surface area contributed by atoms with Crippen LogP contribution in [0.25, 0.3) is 66.4 Å². The topological polar surface area (TPSA) is 9.23 Å². The first-order chi connectivity index (χ1) is 27.3. The third-order valence-electron chi connectivity index (χ3n) is 10.3. The lowest BCUT2D eigenvalue weighted by atomic mass is 9.78. The van der Waals surface area contributed by atoms with Gasteiger partial charge in [-0.15, -0.1) is 0 Å². The van der Waals surface area contributed by atoms with Crippen LogP contribution in [-0.4, -0.2) is 7.11 Å². The lowest BCUT2D eigenvalue weighted by Gasteiger charge is -2.33. The molecule has 0 aliphatic carbocycles. The summed E-state index contributed by atoms with van der Waals surface area (Å²) in [5.74, 6) is 0.846. The number of benzene rings is 9. The maximum atomic E-state index is 6.46. The van der Waals surface area contributed by atoms with E-state index in [1.54, 1.807) is 7.11 Å². The molecule has 262 valence electrons. The molecular weight excluding hydrogens is 684 g/mol. The lowest BCUT2D eigenvalue weighted by Crippen LogP contribution is -2.25. The van der Waals surface area contributed by atoms with Gasteiger partial charge in [-0.1, -0.05) is 212 Å². The second kappa shape index (κ2) is 15.4. The van der Waals surface area contributed by atoms with Gasteiger partial charge in [0.25, 0.3) is 0 Å². The second-order valence-electron chi connectivity index (χ2n) is 13.6. The van der Waals surface area contributed by atoms with Crippen molar-refractivity contribution >= 4 is 34.6 Å². The number of hydrogen-bond acceptors (Lipinski definition) is 1. The van der Waals surface area contributed by atoms with E-state index in [-0.39, 0.29) is 0 Å². The summed E-state index contributed by atoms with van der Waals surface area (Å²) in [4.78, 5) is 0. The van der Waals surface area contributed by atoms with Gasteiger partial charge in [0.05, 0.1) is 7.11 Å². The summed E-state index contributed by atoms with van der Waals surface area (Å²) in [5, 5.41) is 6.19. The zero-order valence-electron chi connectivity index (χ0n) is 30.6. The van der Waals surface area contributed by atoms with Crippen LogP contribution in [0.5, 0.6) is 5.75 Å². The molecule has 0 aliphatic heterocycles. The van der Waals surface area contributed by atoms with E-state index in [9.17, 15) is 0 Å². The van der Waals surface area contributed by atoms with Crippen molar-refractivity contribution in [2.45, 2.75) is 0 Å². The zero-order valence-corrected chi connectivity index (χ0v) is 31.5. The zero-order chi connectivity index (χ0) is 37.0. The fraction of sp³-hybridized carbons (Fsp3) is 0.0189. The van der Waals surface area contributed by atoms with Gasteiger partial charge in [0.15, 0.2) is 0 Å². The predicted octanol–water partition coefficient (Wildman–Crippen LogP) is 12.9. The highest BCUT2D eigenvalue weighted by Crippen LogP contribution is 2.56. The molecule has 9 aromatic carbocycles. The average molecular weight is 723 g/mol. The van der Waals surface area contributed by atoms with E-state index >= 15 is 0 Å². The van der Waals surface area contributed by atoms with Crippen LogP contribution in [0.15, 0.2) is 218 Å². The minimum absolute atomic E-state index is 0.846. The quantitative estimate of drug-likeness (QED) is 0.135. The molecule has 0 bridgehead atoms. The monoisotopic (exact) mass is 722 g/mol. The fourth-order valence-electron chi connectivity index (χ4n) is 8.01. The third-order valence-corrected chi connectivity index (χ3v) is 12.9. The van der Waals surface area contributed by atoms with Gasteiger partial charge in [-0.3, -0.25) is 0 Å². The first kappa shape index (κ1) is 34.3. The van der Waals surface area contributed by atoms with Crippen molar-refractivity contribution in [1.29, 1.82) is 0 Å². The highest BCUT2D eigenvalue weighted by Gasteiger charge is 2.34. The Kier molecular flexibility index (Phi) is 9.62. The molecule has 0 radical (unpaired) electrons. The Bertz CT molecular complexity index is 2660. The first-order valence-corrected chi connectivity index (χ1v) is 20.1. The Balaban J connectivity index is 1.65. The normalized spacial score (nSPS) is 11.2. The van der Waals surface area contributed by atoms with Crippen molar-refractivity contribution in [3.8, 4) is 61.4 Å². The Morgan fingerprint density at radius 2 is 0.673 bits per heavy atom. The van der Waals surface area contributed by atoms with Crippen LogP contribution in [0.3, 0.4) is 0 Å². The van der Waals surface area contributed by atoms with E-state index in [0.717, 1.165) is 27.8 Å². The molecule has 9 rings (SSSR count). The van der Waals surface area contributed by atoms with Crippen molar-refractivity contribution in [3.05, 3.63) is 218 Å². The predicted molar refractivity (Wildman–Crippen MR) is 236 cm³/mol. The van der Waals surface area contributed by atoms with Gasteiger partial charge in [-0.2, -0.15) is 0 Å². The summed E-state index contributed by atoms with van der Waals surface area (Å²) in [7, 11) is 0.649. The maximum Gasteiger partial charge on any atom is 0.127 e. The van der Waals surface area contributed by atoms with Crippen LogP contribution in [0.4, 0.5) is 0 Å². The van der Waals surface area contributed by atoms with Crippen molar-refractivity contribution in [3.63, 3.8) is 0 Å². The van der Waals surface area contributed by atoms with E-state index in [2.05, 4.69) is 218 Å². The number of hydrogen-bond donors (Lipinski definition) is 0. The molecule has 9 aromatic rings. The molecule has 1 nitrogen and oxygen atoms in total. The van der Waals surface area contributed by atoms with Crippen molar-refractivity contribution in [1.82, 2.24) is 0 Å². The second-order valence-corrected chi connectivity index (χ2v) is 15.7. The van der Waals surface area contributed by atoms with Crippen LogP contribution >= 0.6 is 7.92 Å². The van der Waals surface area contributed by atoms with Crippen molar-refractivity contribution in [2.24, 2.45) is 0 Å². The maximum absolute atomic E-state index is 6.46. The fourth-order valence-corrected chi connectivity index (χ4v) is 10.7. The molecule has 0 N–H and O–H groups in total. The minimum Gasteiger partial charge on any atom is -0.496 e. The van der Waals surface area contributed by atoms with Gasteiger partial charge in [0, 0.05) is 16.4 Å². The standard InChI is InChI=1S/C53H39OP/c1-54-46-37-36-38-22-20-21-35-45(38)51(46)52-49(41-27-12-4-13-28-41)47(39-23-8-2-9-24-39)48(40-25-10-3-11-26-40)50(42-29-14-5-15-30-42)53(52)55(43-31-16-6-17-32-43)44-33-18-7-19-34-44/h2-37H,1H3. The molecule has 55 heavy (non-hydrogen) atoms. The van der Waals surface area contributed by atoms with Gasteiger partial charge >= 0.3 is 0 Å². The van der Waals surface area contributed by atoms with E-state index in [1.807, 2.05) is 0 Å². The van der Waals surface area contributed by atoms with E-state index in [0.29, 0.717) is 0 Å². The molecule has 0 spiro atoms. The van der Waals surface area contributed by atoms with Crippen LogP contribution in [0, 0.1) is 0 Å². The molecule has 2 heteroatoms. The molecule has 0 saturated carbocycles. The minimum atomic E-state index is -1.16. The van der Waals surface area contributed by atoms with Crippen LogP contribution in [0.2, 0.25) is 0 Å². The van der Waals surface area contributed by atoms with Gasteiger partial charge in [0.2, 0.25) is 0 Å². The SMILES string of the molecule is COc1ccc2ccccc2c1-c1c(-c2ccccc2)c(-c2ccccc2)c(-c2ccccc2)c(-c2ccccc2)c1P(c1ccccc1)c1ccccc1. The Morgan fingerprint density at radius 3 is 1.13 bits per heavy atom. The Hall–Kier alpha value is -6.53. The highest BCUT2D eigenvalue weighted by atomic mass is 31.1. The average Bonchev–Trinajstić information content (AvgIpc) is 3.27. The molecular formula is C53H39OP. The van der Waals surface area contributed by atoms with Crippen molar-refractivity contribution < 1.29 is 4.74 Å². The molecule has 0 unspecified atom stereocenters. The summed E-state index contributed by atoms with van der Waals surface area (Å²) in [6.07, 6.45) is 0. The van der Waals surface area contributed by atoms with E-state index < -0.39 is 7.92 Å². The third kappa shape index (κ3) is 6.44. The number of methoxy groups -OCH3 is 1. The van der Waals surface area contributed by atoms with Gasteiger partial charge in [-0.25, -0.2) is 0 Å². The summed E-state index contributed by atoms with van der Waals surface area (Å²) in [6, 6.07) is 79.3. The molecule has 0 saturated heterocycles. The van der Waals surface area contributed by atoms with Crippen LogP contribution in [-0.2, 0) is 0 Å². The molecule has 0 atom stereocenters. The number of fused-ring (bicyclic) bond motifs is 1. The molecule has 0 fully saturated rings. The number of ether oxygens (including phenoxy) is 1. The smallest absolute Gasteiger partial charge is 0.127 e. The van der Waals surface area contributed by atoms with Crippen LogP contribution in [0.1, 0.15) is 0 Å². The van der Waals surface area contributed by atoms with Crippen molar-refractivity contribution in [2.75, 3.05) is 7.11 Å². The Labute approximate surface area is 324 Å². The summed E-state index contributed by atoms with van der Waals surface area (Å²) >= 11 is 0. The summed E-state index contributed by atoms with van der Waals surface area (Å²) < 4.78 is 6.46. The number of rotatable bonds is 9. The largest absolute Gasteiger partial charge is 0.496 e. The highest BCUT2D eigenvalue weighted by molar-refractivity contribution is 7.80.